The maximum absolute atomic E-state index is 4.60. The number of guanidine groups is 1. The van der Waals surface area contributed by atoms with Crippen molar-refractivity contribution in [1.29, 1.82) is 0 Å². The van der Waals surface area contributed by atoms with Crippen LogP contribution in [0, 0.1) is 0 Å². The van der Waals surface area contributed by atoms with Crippen LogP contribution in [0.4, 0.5) is 0 Å². The zero-order chi connectivity index (χ0) is 17.0. The molecule has 0 aliphatic carbocycles. The quantitative estimate of drug-likeness (QED) is 0.268. The van der Waals surface area contributed by atoms with Crippen molar-refractivity contribution in [3.8, 4) is 0 Å². The van der Waals surface area contributed by atoms with Crippen LogP contribution in [0.1, 0.15) is 25.5 Å². The number of nitrogens with zero attached hydrogens (tertiary/aromatic N) is 4. The number of unbranched alkanes of at least 4 members (excludes halogenated alkanes) is 1. The number of aromatic nitrogens is 1. The minimum atomic E-state index is 0. The summed E-state index contributed by atoms with van der Waals surface area (Å²) in [5, 5.41) is 6.71. The summed E-state index contributed by atoms with van der Waals surface area (Å²) in [6.07, 6.45) is 4.21. The third kappa shape index (κ3) is 9.37. The fraction of sp³-hybridized carbons (Fsp3) is 0.667. The summed E-state index contributed by atoms with van der Waals surface area (Å²) < 4.78 is 0. The predicted molar refractivity (Wildman–Crippen MR) is 116 cm³/mol. The fourth-order valence-electron chi connectivity index (χ4n) is 2.73. The van der Waals surface area contributed by atoms with Gasteiger partial charge in [-0.25, -0.2) is 4.99 Å². The van der Waals surface area contributed by atoms with Gasteiger partial charge in [0.2, 0.25) is 0 Å². The highest BCUT2D eigenvalue weighted by molar-refractivity contribution is 14.0. The molecule has 1 aromatic rings. The molecule has 0 spiro atoms. The van der Waals surface area contributed by atoms with E-state index in [1.54, 1.807) is 0 Å². The number of nitrogens with one attached hydrogen (secondary N) is 2. The smallest absolute Gasteiger partial charge is 0.191 e. The molecule has 0 bridgehead atoms. The molecule has 1 fully saturated rings. The van der Waals surface area contributed by atoms with Gasteiger partial charge in [0, 0.05) is 45.5 Å². The standard InChI is InChI=1S/C18H32N6.HI/c1-3-19-18(22-16-17-8-4-5-9-20-17)21-10-6-7-11-24-14-12-23(2)13-15-24;/h4-5,8-9H,3,6-7,10-16H2,1-2H3,(H2,19,21,22);1H. The monoisotopic (exact) mass is 460 g/mol. The van der Waals surface area contributed by atoms with E-state index in [-0.39, 0.29) is 24.0 Å². The van der Waals surface area contributed by atoms with Gasteiger partial charge in [-0.05, 0) is 45.5 Å². The molecule has 0 saturated carbocycles. The Hall–Kier alpha value is -0.930. The van der Waals surface area contributed by atoms with Gasteiger partial charge in [0.1, 0.15) is 0 Å². The summed E-state index contributed by atoms with van der Waals surface area (Å²) in [5.41, 5.74) is 0.991. The highest BCUT2D eigenvalue weighted by Gasteiger charge is 2.12. The summed E-state index contributed by atoms with van der Waals surface area (Å²) in [4.78, 5) is 13.9. The molecule has 1 aromatic heterocycles. The lowest BCUT2D eigenvalue weighted by Gasteiger charge is -2.32. The minimum absolute atomic E-state index is 0. The van der Waals surface area contributed by atoms with Crippen molar-refractivity contribution in [2.24, 2.45) is 4.99 Å². The van der Waals surface area contributed by atoms with E-state index in [4.69, 9.17) is 0 Å². The normalized spacial score (nSPS) is 16.3. The van der Waals surface area contributed by atoms with Gasteiger partial charge < -0.3 is 20.4 Å². The molecule has 142 valence electrons. The van der Waals surface area contributed by atoms with Gasteiger partial charge in [-0.3, -0.25) is 4.98 Å². The molecule has 1 aliphatic heterocycles. The highest BCUT2D eigenvalue weighted by atomic mass is 127. The first kappa shape index (κ1) is 22.1. The van der Waals surface area contributed by atoms with Gasteiger partial charge in [-0.2, -0.15) is 0 Å². The maximum atomic E-state index is 4.60. The van der Waals surface area contributed by atoms with Crippen molar-refractivity contribution in [1.82, 2.24) is 25.4 Å². The number of hydrogen-bond acceptors (Lipinski definition) is 4. The molecule has 1 saturated heterocycles. The fourth-order valence-corrected chi connectivity index (χ4v) is 2.73. The summed E-state index contributed by atoms with van der Waals surface area (Å²) in [7, 11) is 2.20. The van der Waals surface area contributed by atoms with Crippen molar-refractivity contribution >= 4 is 29.9 Å². The second kappa shape index (κ2) is 13.3. The Morgan fingerprint density at radius 2 is 1.96 bits per heavy atom. The molecule has 25 heavy (non-hydrogen) atoms. The molecule has 0 atom stereocenters. The summed E-state index contributed by atoms with van der Waals surface area (Å²) in [6, 6.07) is 5.93. The molecule has 0 unspecified atom stereocenters. The average molecular weight is 460 g/mol. The third-order valence-electron chi connectivity index (χ3n) is 4.26. The molecule has 0 aromatic carbocycles. The van der Waals surface area contributed by atoms with Crippen molar-refractivity contribution in [2.45, 2.75) is 26.3 Å². The lowest BCUT2D eigenvalue weighted by Crippen LogP contribution is -2.44. The number of pyridine rings is 1. The number of likely N-dealkylation sites (N-methyl/N-ethyl adjacent to an activating group) is 1. The van der Waals surface area contributed by atoms with Crippen LogP contribution in [0.5, 0.6) is 0 Å². The van der Waals surface area contributed by atoms with Crippen molar-refractivity contribution in [3.05, 3.63) is 30.1 Å². The SMILES string of the molecule is CCNC(=NCc1ccccn1)NCCCCN1CCN(C)CC1.I. The van der Waals surface area contributed by atoms with E-state index in [0.717, 1.165) is 24.7 Å². The molecule has 0 radical (unpaired) electrons. The minimum Gasteiger partial charge on any atom is -0.357 e. The topological polar surface area (TPSA) is 55.8 Å². The first-order chi connectivity index (χ1) is 11.8. The Bertz CT molecular complexity index is 474. The highest BCUT2D eigenvalue weighted by Crippen LogP contribution is 2.01. The van der Waals surface area contributed by atoms with Gasteiger partial charge in [0.25, 0.3) is 0 Å². The molecule has 2 rings (SSSR count). The Balaban J connectivity index is 0.00000312. The summed E-state index contributed by atoms with van der Waals surface area (Å²) >= 11 is 0. The Morgan fingerprint density at radius 1 is 1.16 bits per heavy atom. The number of aliphatic imine (C=N–C) groups is 1. The van der Waals surface area contributed by atoms with Crippen molar-refractivity contribution in [2.75, 3.05) is 52.9 Å². The average Bonchev–Trinajstić information content (AvgIpc) is 2.62. The van der Waals surface area contributed by atoms with E-state index in [9.17, 15) is 0 Å². The molecule has 2 heterocycles. The van der Waals surface area contributed by atoms with E-state index in [1.165, 1.54) is 45.6 Å². The summed E-state index contributed by atoms with van der Waals surface area (Å²) in [6.45, 7) is 10.5. The largest absolute Gasteiger partial charge is 0.357 e. The second-order valence-electron chi connectivity index (χ2n) is 6.30. The number of rotatable bonds is 8. The van der Waals surface area contributed by atoms with Crippen LogP contribution in [0.3, 0.4) is 0 Å². The summed E-state index contributed by atoms with van der Waals surface area (Å²) in [5.74, 6) is 0.878. The van der Waals surface area contributed by atoms with Gasteiger partial charge in [-0.1, -0.05) is 6.07 Å². The number of hydrogen-bond donors (Lipinski definition) is 2. The van der Waals surface area contributed by atoms with Crippen LogP contribution >= 0.6 is 24.0 Å². The Kier molecular flexibility index (Phi) is 11.8. The molecule has 1 aliphatic rings. The van der Waals surface area contributed by atoms with Gasteiger partial charge >= 0.3 is 0 Å². The van der Waals surface area contributed by atoms with Crippen LogP contribution in [0.2, 0.25) is 0 Å². The van der Waals surface area contributed by atoms with Crippen molar-refractivity contribution < 1.29 is 0 Å². The Morgan fingerprint density at radius 3 is 2.64 bits per heavy atom. The van der Waals surface area contributed by atoms with Crippen LogP contribution in [0.25, 0.3) is 0 Å². The van der Waals surface area contributed by atoms with E-state index >= 15 is 0 Å². The Labute approximate surface area is 169 Å². The lowest BCUT2D eigenvalue weighted by atomic mass is 10.2. The van der Waals surface area contributed by atoms with Crippen LogP contribution in [0.15, 0.2) is 29.4 Å². The zero-order valence-electron chi connectivity index (χ0n) is 15.6. The zero-order valence-corrected chi connectivity index (χ0v) is 17.9. The predicted octanol–water partition coefficient (Wildman–Crippen LogP) is 1.78. The number of halogens is 1. The molecular formula is C18H33IN6. The van der Waals surface area contributed by atoms with Gasteiger partial charge in [0.05, 0.1) is 12.2 Å². The molecule has 0 amide bonds. The van der Waals surface area contributed by atoms with E-state index < -0.39 is 0 Å². The second-order valence-corrected chi connectivity index (χ2v) is 6.30. The molecule has 6 nitrogen and oxygen atoms in total. The van der Waals surface area contributed by atoms with Crippen LogP contribution in [-0.4, -0.2) is 73.6 Å². The molecular weight excluding hydrogens is 427 g/mol. The number of piperazine rings is 1. The van der Waals surface area contributed by atoms with E-state index in [0.29, 0.717) is 6.54 Å². The van der Waals surface area contributed by atoms with Gasteiger partial charge in [0.15, 0.2) is 5.96 Å². The van der Waals surface area contributed by atoms with Crippen LogP contribution in [-0.2, 0) is 6.54 Å². The van der Waals surface area contributed by atoms with Gasteiger partial charge in [-0.15, -0.1) is 24.0 Å². The van der Waals surface area contributed by atoms with E-state index in [2.05, 4.69) is 44.4 Å². The third-order valence-corrected chi connectivity index (χ3v) is 4.26. The van der Waals surface area contributed by atoms with E-state index in [1.807, 2.05) is 24.4 Å². The first-order valence-electron chi connectivity index (χ1n) is 9.11. The van der Waals surface area contributed by atoms with Crippen molar-refractivity contribution in [3.63, 3.8) is 0 Å². The van der Waals surface area contributed by atoms with Crippen LogP contribution < -0.4 is 10.6 Å². The maximum Gasteiger partial charge on any atom is 0.191 e. The molecule has 2 N–H and O–H groups in total. The first-order valence-corrected chi connectivity index (χ1v) is 9.11. The lowest BCUT2D eigenvalue weighted by molar-refractivity contribution is 0.152. The molecule has 7 heteroatoms.